The summed E-state index contributed by atoms with van der Waals surface area (Å²) in [6, 6.07) is 4.13. The molecule has 4 aromatic rings. The minimum absolute atomic E-state index is 0.213. The lowest BCUT2D eigenvalue weighted by molar-refractivity contribution is 0.0953. The Hall–Kier alpha value is -1.81. The predicted octanol–water partition coefficient (Wildman–Crippen LogP) is 4.96. The summed E-state index contributed by atoms with van der Waals surface area (Å²) in [4.78, 5) is 12.4. The molecule has 1 atom stereocenters. The van der Waals surface area contributed by atoms with Gasteiger partial charge in [0.1, 0.15) is 16.2 Å². The van der Waals surface area contributed by atoms with Crippen LogP contribution in [0.3, 0.4) is 0 Å². The minimum Gasteiger partial charge on any atom is -0.376 e. The molecule has 0 spiro atoms. The molecule has 6 nitrogen and oxygen atoms in total. The molecule has 5 heterocycles. The fraction of sp³-hybridized carbons (Fsp3) is 0.368. The van der Waals surface area contributed by atoms with Gasteiger partial charge in [-0.25, -0.2) is 9.97 Å². The molecule has 1 unspecified atom stereocenters. The molecule has 4 aromatic heterocycles. The highest BCUT2D eigenvalue weighted by atomic mass is 32.2. The Balaban J connectivity index is 1.57. The molecule has 0 N–H and O–H groups in total. The lowest BCUT2D eigenvalue weighted by atomic mass is 10.2. The van der Waals surface area contributed by atoms with Crippen molar-refractivity contribution in [3.63, 3.8) is 0 Å². The molecule has 0 aromatic carbocycles. The Labute approximate surface area is 175 Å². The van der Waals surface area contributed by atoms with Crippen LogP contribution in [0.1, 0.15) is 23.3 Å². The summed E-state index contributed by atoms with van der Waals surface area (Å²) in [6.45, 7) is 5.86. The maximum atomic E-state index is 5.89. The summed E-state index contributed by atoms with van der Waals surface area (Å²) in [7, 11) is 0. The van der Waals surface area contributed by atoms with Crippen molar-refractivity contribution in [2.45, 2.75) is 49.5 Å². The molecule has 28 heavy (non-hydrogen) atoms. The van der Waals surface area contributed by atoms with Gasteiger partial charge in [0.05, 0.1) is 17.5 Å². The van der Waals surface area contributed by atoms with E-state index in [-0.39, 0.29) is 6.10 Å². The third kappa shape index (κ3) is 3.26. The Morgan fingerprint density at radius 1 is 1.29 bits per heavy atom. The summed E-state index contributed by atoms with van der Waals surface area (Å²) in [5.41, 5.74) is 1.24. The maximum absolute atomic E-state index is 5.89. The van der Waals surface area contributed by atoms with Crippen molar-refractivity contribution in [1.82, 2.24) is 24.7 Å². The Bertz CT molecular complexity index is 1110. The van der Waals surface area contributed by atoms with Gasteiger partial charge in [-0.15, -0.1) is 32.9 Å². The first-order chi connectivity index (χ1) is 13.7. The van der Waals surface area contributed by atoms with Crippen LogP contribution in [0.5, 0.6) is 0 Å². The molecule has 1 aliphatic rings. The van der Waals surface area contributed by atoms with Crippen molar-refractivity contribution in [3.8, 4) is 10.7 Å². The number of aryl methyl sites for hydroxylation is 2. The molecule has 5 rings (SSSR count). The quantitative estimate of drug-likeness (QED) is 0.418. The fourth-order valence-corrected chi connectivity index (χ4v) is 6.18. The van der Waals surface area contributed by atoms with E-state index in [0.717, 1.165) is 57.1 Å². The molecule has 1 saturated heterocycles. The van der Waals surface area contributed by atoms with Gasteiger partial charge >= 0.3 is 0 Å². The standard InChI is InChI=1S/C19H19N5OS3/c1-11-12(2)27-17-15(11)18(21-10-20-17)28-19-23-22-16(14-6-4-8-26-14)24(19)9-13-5-3-7-25-13/h4,6,8,10,13H,3,5,7,9H2,1-2H3. The van der Waals surface area contributed by atoms with Gasteiger partial charge in [-0.05, 0) is 55.5 Å². The smallest absolute Gasteiger partial charge is 0.197 e. The second kappa shape index (κ2) is 7.55. The Kier molecular flexibility index (Phi) is 4.92. The zero-order chi connectivity index (χ0) is 19.1. The first-order valence-electron chi connectivity index (χ1n) is 9.18. The molecule has 0 amide bonds. The van der Waals surface area contributed by atoms with Gasteiger partial charge in [0, 0.05) is 16.9 Å². The molecule has 9 heteroatoms. The molecule has 1 aliphatic heterocycles. The van der Waals surface area contributed by atoms with E-state index < -0.39 is 0 Å². The molecular formula is C19H19N5OS3. The van der Waals surface area contributed by atoms with Crippen LogP contribution in [0.4, 0.5) is 0 Å². The molecule has 0 aliphatic carbocycles. The van der Waals surface area contributed by atoms with Gasteiger partial charge in [-0.1, -0.05) is 6.07 Å². The van der Waals surface area contributed by atoms with E-state index in [4.69, 9.17) is 4.74 Å². The summed E-state index contributed by atoms with van der Waals surface area (Å²) < 4.78 is 8.08. The summed E-state index contributed by atoms with van der Waals surface area (Å²) in [5.74, 6) is 0.900. The number of thiophene rings is 2. The molecular weight excluding hydrogens is 410 g/mol. The number of hydrogen-bond acceptors (Lipinski definition) is 8. The topological polar surface area (TPSA) is 65.7 Å². The Morgan fingerprint density at radius 3 is 3.00 bits per heavy atom. The predicted molar refractivity (Wildman–Crippen MR) is 113 cm³/mol. The van der Waals surface area contributed by atoms with Crippen LogP contribution in [-0.4, -0.2) is 37.4 Å². The third-order valence-corrected chi connectivity index (χ3v) is 7.96. The van der Waals surface area contributed by atoms with Crippen molar-refractivity contribution < 1.29 is 4.74 Å². The number of fused-ring (bicyclic) bond motifs is 1. The number of nitrogens with zero attached hydrogens (tertiary/aromatic N) is 5. The summed E-state index contributed by atoms with van der Waals surface area (Å²) in [6.07, 6.45) is 4.04. The average molecular weight is 430 g/mol. The average Bonchev–Trinajstić information content (AvgIpc) is 3.46. The highest BCUT2D eigenvalue weighted by Crippen LogP contribution is 2.38. The lowest BCUT2D eigenvalue weighted by Crippen LogP contribution is -2.16. The molecule has 144 valence electrons. The largest absolute Gasteiger partial charge is 0.376 e. The highest BCUT2D eigenvalue weighted by Gasteiger charge is 2.23. The molecule has 0 bridgehead atoms. The summed E-state index contributed by atoms with van der Waals surface area (Å²) in [5, 5.41) is 14.0. The van der Waals surface area contributed by atoms with E-state index in [2.05, 4.69) is 50.0 Å². The fourth-order valence-electron chi connectivity index (χ4n) is 3.42. The van der Waals surface area contributed by atoms with Crippen LogP contribution in [-0.2, 0) is 11.3 Å². The van der Waals surface area contributed by atoms with E-state index in [1.54, 1.807) is 40.8 Å². The van der Waals surface area contributed by atoms with Gasteiger partial charge in [0.15, 0.2) is 11.0 Å². The molecule has 0 saturated carbocycles. The van der Waals surface area contributed by atoms with E-state index in [1.165, 1.54) is 10.4 Å². The minimum atomic E-state index is 0.213. The number of hydrogen-bond donors (Lipinski definition) is 0. The SMILES string of the molecule is Cc1sc2ncnc(Sc3nnc(-c4cccs4)n3CC3CCCO3)c2c1C. The lowest BCUT2D eigenvalue weighted by Gasteiger charge is -2.14. The third-order valence-electron chi connectivity index (χ3n) is 4.99. The van der Waals surface area contributed by atoms with Crippen molar-refractivity contribution in [2.75, 3.05) is 6.61 Å². The van der Waals surface area contributed by atoms with E-state index in [1.807, 2.05) is 6.07 Å². The van der Waals surface area contributed by atoms with Crippen molar-refractivity contribution in [1.29, 1.82) is 0 Å². The van der Waals surface area contributed by atoms with Gasteiger partial charge in [0.2, 0.25) is 0 Å². The molecule has 0 radical (unpaired) electrons. The van der Waals surface area contributed by atoms with Crippen LogP contribution < -0.4 is 0 Å². The van der Waals surface area contributed by atoms with Crippen molar-refractivity contribution in [2.24, 2.45) is 0 Å². The van der Waals surface area contributed by atoms with Gasteiger partial charge in [0.25, 0.3) is 0 Å². The number of rotatable bonds is 5. The van der Waals surface area contributed by atoms with E-state index >= 15 is 0 Å². The van der Waals surface area contributed by atoms with Crippen LogP contribution in [0, 0.1) is 13.8 Å². The van der Waals surface area contributed by atoms with Crippen LogP contribution >= 0.6 is 34.4 Å². The van der Waals surface area contributed by atoms with E-state index in [0.29, 0.717) is 0 Å². The second-order valence-corrected chi connectivity index (χ2v) is 9.88. The summed E-state index contributed by atoms with van der Waals surface area (Å²) >= 11 is 4.96. The van der Waals surface area contributed by atoms with Crippen LogP contribution in [0.15, 0.2) is 34.0 Å². The molecule has 1 fully saturated rings. The Morgan fingerprint density at radius 2 is 2.21 bits per heavy atom. The zero-order valence-electron chi connectivity index (χ0n) is 15.6. The van der Waals surface area contributed by atoms with Crippen molar-refractivity contribution >= 4 is 44.7 Å². The van der Waals surface area contributed by atoms with Gasteiger partial charge in [-0.3, -0.25) is 4.57 Å². The monoisotopic (exact) mass is 429 g/mol. The normalized spacial score (nSPS) is 17.0. The number of ether oxygens (including phenoxy) is 1. The van der Waals surface area contributed by atoms with Crippen molar-refractivity contribution in [3.05, 3.63) is 34.3 Å². The highest BCUT2D eigenvalue weighted by molar-refractivity contribution is 7.99. The zero-order valence-corrected chi connectivity index (χ0v) is 18.0. The first kappa shape index (κ1) is 18.2. The van der Waals surface area contributed by atoms with Crippen LogP contribution in [0.2, 0.25) is 0 Å². The van der Waals surface area contributed by atoms with E-state index in [9.17, 15) is 0 Å². The van der Waals surface area contributed by atoms with Crippen LogP contribution in [0.25, 0.3) is 20.9 Å². The second-order valence-electron chi connectivity index (χ2n) is 6.77. The number of aromatic nitrogens is 5. The van der Waals surface area contributed by atoms with Gasteiger partial charge < -0.3 is 4.74 Å². The maximum Gasteiger partial charge on any atom is 0.197 e. The first-order valence-corrected chi connectivity index (χ1v) is 11.7. The van der Waals surface area contributed by atoms with Gasteiger partial charge in [-0.2, -0.15) is 0 Å².